The largest absolute Gasteiger partial charge is 0.483 e. The van der Waals surface area contributed by atoms with Crippen LogP contribution in [0.15, 0.2) is 17.1 Å². The Bertz CT molecular complexity index is 409. The summed E-state index contributed by atoms with van der Waals surface area (Å²) >= 11 is 11.3. The van der Waals surface area contributed by atoms with Crippen LogP contribution >= 0.6 is 23.2 Å². The minimum atomic E-state index is -4.49. The van der Waals surface area contributed by atoms with E-state index in [2.05, 4.69) is 4.99 Å². The van der Waals surface area contributed by atoms with Crippen molar-refractivity contribution in [2.75, 3.05) is 6.61 Å². The van der Waals surface area contributed by atoms with Crippen LogP contribution in [0, 0.1) is 0 Å². The SMILES string of the molecule is CCO/C=N\c1c(Cl)cc(C(F)(F)F)cc1Cl. The van der Waals surface area contributed by atoms with Crippen LogP contribution in [0.2, 0.25) is 10.0 Å². The standard InChI is InChI=1S/C10H8Cl2F3NO/c1-2-17-5-16-9-7(11)3-6(4-8(9)12)10(13,14)15/h3-5H,2H2,1H3/b16-5-. The van der Waals surface area contributed by atoms with Gasteiger partial charge in [-0.3, -0.25) is 0 Å². The van der Waals surface area contributed by atoms with E-state index in [-0.39, 0.29) is 15.7 Å². The van der Waals surface area contributed by atoms with Gasteiger partial charge in [-0.1, -0.05) is 23.2 Å². The summed E-state index contributed by atoms with van der Waals surface area (Å²) in [5.74, 6) is 0. The second kappa shape index (κ2) is 5.60. The van der Waals surface area contributed by atoms with Crippen molar-refractivity contribution in [2.24, 2.45) is 4.99 Å². The van der Waals surface area contributed by atoms with Crippen LogP contribution in [0.1, 0.15) is 12.5 Å². The molecule has 17 heavy (non-hydrogen) atoms. The molecular formula is C10H8Cl2F3NO. The Kier molecular flexibility index (Phi) is 4.65. The zero-order valence-corrected chi connectivity index (χ0v) is 10.2. The summed E-state index contributed by atoms with van der Waals surface area (Å²) in [7, 11) is 0. The van der Waals surface area contributed by atoms with E-state index < -0.39 is 11.7 Å². The number of hydrogen-bond acceptors (Lipinski definition) is 2. The molecule has 0 aromatic heterocycles. The van der Waals surface area contributed by atoms with Crippen molar-refractivity contribution < 1.29 is 17.9 Å². The highest BCUT2D eigenvalue weighted by Crippen LogP contribution is 2.39. The van der Waals surface area contributed by atoms with Crippen molar-refractivity contribution in [3.8, 4) is 0 Å². The van der Waals surface area contributed by atoms with Crippen molar-refractivity contribution in [3.05, 3.63) is 27.7 Å². The first-order valence-electron chi connectivity index (χ1n) is 4.56. The lowest BCUT2D eigenvalue weighted by atomic mass is 10.2. The Morgan fingerprint density at radius 3 is 2.24 bits per heavy atom. The highest BCUT2D eigenvalue weighted by Gasteiger charge is 2.31. The lowest BCUT2D eigenvalue weighted by Gasteiger charge is -2.09. The molecule has 0 aliphatic carbocycles. The molecule has 7 heteroatoms. The molecule has 0 atom stereocenters. The Morgan fingerprint density at radius 2 is 1.82 bits per heavy atom. The number of nitrogens with zero attached hydrogens (tertiary/aromatic N) is 1. The molecular weight excluding hydrogens is 278 g/mol. The van der Waals surface area contributed by atoms with Crippen molar-refractivity contribution in [1.82, 2.24) is 0 Å². The molecule has 0 amide bonds. The van der Waals surface area contributed by atoms with Crippen LogP contribution in [-0.2, 0) is 10.9 Å². The number of hydrogen-bond donors (Lipinski definition) is 0. The van der Waals surface area contributed by atoms with E-state index in [1.165, 1.54) is 0 Å². The van der Waals surface area contributed by atoms with Crippen LogP contribution < -0.4 is 0 Å². The highest BCUT2D eigenvalue weighted by atomic mass is 35.5. The summed E-state index contributed by atoms with van der Waals surface area (Å²) in [5, 5.41) is -0.360. The molecule has 0 saturated heterocycles. The summed E-state index contributed by atoms with van der Waals surface area (Å²) in [5.41, 5.74) is -0.863. The molecule has 0 radical (unpaired) electrons. The van der Waals surface area contributed by atoms with Gasteiger partial charge in [-0.25, -0.2) is 4.99 Å². The molecule has 0 spiro atoms. The fraction of sp³-hybridized carbons (Fsp3) is 0.300. The zero-order valence-electron chi connectivity index (χ0n) is 8.68. The highest BCUT2D eigenvalue weighted by molar-refractivity contribution is 6.38. The van der Waals surface area contributed by atoms with E-state index in [9.17, 15) is 13.2 Å². The third kappa shape index (κ3) is 3.78. The van der Waals surface area contributed by atoms with E-state index in [1.807, 2.05) is 0 Å². The van der Waals surface area contributed by atoms with E-state index in [0.717, 1.165) is 18.5 Å². The summed E-state index contributed by atoms with van der Waals surface area (Å²) in [6.07, 6.45) is -3.41. The molecule has 0 N–H and O–H groups in total. The summed E-state index contributed by atoms with van der Waals surface area (Å²) < 4.78 is 42.0. The topological polar surface area (TPSA) is 21.6 Å². The molecule has 0 aliphatic rings. The van der Waals surface area contributed by atoms with Gasteiger partial charge in [-0.15, -0.1) is 0 Å². The first-order chi connectivity index (χ1) is 7.86. The van der Waals surface area contributed by atoms with Crippen molar-refractivity contribution in [3.63, 3.8) is 0 Å². The first kappa shape index (κ1) is 14.1. The molecule has 2 nitrogen and oxygen atoms in total. The summed E-state index contributed by atoms with van der Waals surface area (Å²) in [4.78, 5) is 3.74. The van der Waals surface area contributed by atoms with Gasteiger partial charge in [0.15, 0.2) is 6.40 Å². The Labute approximate surface area is 106 Å². The molecule has 0 bridgehead atoms. The van der Waals surface area contributed by atoms with E-state index in [0.29, 0.717) is 6.61 Å². The number of halogens is 5. The molecule has 0 unspecified atom stereocenters. The van der Waals surface area contributed by atoms with Crippen molar-refractivity contribution >= 4 is 35.3 Å². The Balaban J connectivity index is 3.11. The van der Waals surface area contributed by atoms with Gasteiger partial charge in [0, 0.05) is 0 Å². The van der Waals surface area contributed by atoms with Crippen LogP contribution in [-0.4, -0.2) is 13.0 Å². The lowest BCUT2D eigenvalue weighted by Crippen LogP contribution is -2.04. The lowest BCUT2D eigenvalue weighted by molar-refractivity contribution is -0.137. The van der Waals surface area contributed by atoms with Gasteiger partial charge in [0.25, 0.3) is 0 Å². The minimum Gasteiger partial charge on any atom is -0.483 e. The van der Waals surface area contributed by atoms with Crippen LogP contribution in [0.25, 0.3) is 0 Å². The van der Waals surface area contributed by atoms with Gasteiger partial charge < -0.3 is 4.74 Å². The molecule has 0 fully saturated rings. The third-order valence-corrected chi connectivity index (χ3v) is 2.34. The molecule has 94 valence electrons. The quantitative estimate of drug-likeness (QED) is 0.582. The number of aliphatic imine (C=N–C) groups is 1. The van der Waals surface area contributed by atoms with Gasteiger partial charge in [-0.2, -0.15) is 13.2 Å². The minimum absolute atomic E-state index is 0.0507. The molecule has 0 aliphatic heterocycles. The van der Waals surface area contributed by atoms with Gasteiger partial charge in [-0.05, 0) is 19.1 Å². The van der Waals surface area contributed by atoms with Gasteiger partial charge in [0.05, 0.1) is 22.2 Å². The number of alkyl halides is 3. The van der Waals surface area contributed by atoms with Gasteiger partial charge >= 0.3 is 6.18 Å². The van der Waals surface area contributed by atoms with Gasteiger partial charge in [0.1, 0.15) is 5.69 Å². The predicted molar refractivity (Wildman–Crippen MR) is 61.2 cm³/mol. The van der Waals surface area contributed by atoms with Crippen molar-refractivity contribution in [1.29, 1.82) is 0 Å². The molecule has 1 aromatic carbocycles. The second-order valence-corrected chi connectivity index (χ2v) is 3.79. The zero-order chi connectivity index (χ0) is 13.1. The predicted octanol–water partition coefficient (Wildman–Crippen LogP) is 4.71. The van der Waals surface area contributed by atoms with Crippen LogP contribution in [0.5, 0.6) is 0 Å². The van der Waals surface area contributed by atoms with Crippen LogP contribution in [0.3, 0.4) is 0 Å². The smallest absolute Gasteiger partial charge is 0.416 e. The average Bonchev–Trinajstić information content (AvgIpc) is 2.20. The molecule has 1 aromatic rings. The van der Waals surface area contributed by atoms with E-state index in [1.54, 1.807) is 6.92 Å². The maximum absolute atomic E-state index is 12.4. The maximum Gasteiger partial charge on any atom is 0.416 e. The maximum atomic E-state index is 12.4. The molecule has 0 heterocycles. The first-order valence-corrected chi connectivity index (χ1v) is 5.32. The van der Waals surface area contributed by atoms with E-state index in [4.69, 9.17) is 27.9 Å². The number of benzene rings is 1. The molecule has 1 rings (SSSR count). The third-order valence-electron chi connectivity index (χ3n) is 1.77. The Morgan fingerprint density at radius 1 is 1.29 bits per heavy atom. The van der Waals surface area contributed by atoms with E-state index >= 15 is 0 Å². The summed E-state index contributed by atoms with van der Waals surface area (Å²) in [6, 6.07) is 1.54. The fourth-order valence-electron chi connectivity index (χ4n) is 1.02. The van der Waals surface area contributed by atoms with Gasteiger partial charge in [0.2, 0.25) is 0 Å². The normalized spacial score (nSPS) is 12.1. The molecule has 0 saturated carbocycles. The van der Waals surface area contributed by atoms with Crippen LogP contribution in [0.4, 0.5) is 18.9 Å². The fourth-order valence-corrected chi connectivity index (χ4v) is 1.60. The Hall–Kier alpha value is -0.940. The average molecular weight is 286 g/mol. The van der Waals surface area contributed by atoms with Crippen molar-refractivity contribution in [2.45, 2.75) is 13.1 Å². The monoisotopic (exact) mass is 285 g/mol. The number of rotatable bonds is 3. The number of ether oxygens (including phenoxy) is 1. The summed E-state index contributed by atoms with van der Waals surface area (Å²) in [6.45, 7) is 2.13. The second-order valence-electron chi connectivity index (χ2n) is 2.98.